The molecule has 0 aliphatic carbocycles. The standard InChI is InChI=1S/C15H21NO/c1-16-11-5-4-7-13(16)15-10-9-12-6-2-3-8-14(12)17-15/h2-3,6,8,13,15H,4-5,7,9-11H2,1H3/t13-,15-/m1/s1. The Morgan fingerprint density at radius 3 is 2.94 bits per heavy atom. The van der Waals surface area contributed by atoms with Gasteiger partial charge in [0, 0.05) is 6.04 Å². The maximum atomic E-state index is 6.20. The van der Waals surface area contributed by atoms with Gasteiger partial charge in [-0.25, -0.2) is 0 Å². The average Bonchev–Trinajstić information content (AvgIpc) is 2.39. The fraction of sp³-hybridized carbons (Fsp3) is 0.600. The number of likely N-dealkylation sites (N-methyl/N-ethyl adjacent to an activating group) is 1. The van der Waals surface area contributed by atoms with Gasteiger partial charge in [-0.2, -0.15) is 0 Å². The molecule has 0 aromatic heterocycles. The number of para-hydroxylation sites is 1. The SMILES string of the molecule is CN1CCCC[C@@H]1[C@H]1CCc2ccccc2O1. The Kier molecular flexibility index (Phi) is 3.06. The first kappa shape index (κ1) is 11.1. The van der Waals surface area contributed by atoms with Crippen LogP contribution in [0, 0.1) is 0 Å². The molecule has 0 radical (unpaired) electrons. The lowest BCUT2D eigenvalue weighted by Crippen LogP contribution is -2.48. The highest BCUT2D eigenvalue weighted by atomic mass is 16.5. The third-order valence-electron chi connectivity index (χ3n) is 4.21. The first-order valence-electron chi connectivity index (χ1n) is 6.79. The van der Waals surface area contributed by atoms with Crippen molar-refractivity contribution >= 4 is 0 Å². The Morgan fingerprint density at radius 2 is 2.06 bits per heavy atom. The zero-order valence-corrected chi connectivity index (χ0v) is 10.6. The topological polar surface area (TPSA) is 12.5 Å². The maximum Gasteiger partial charge on any atom is 0.122 e. The van der Waals surface area contributed by atoms with E-state index in [0.717, 1.165) is 5.75 Å². The van der Waals surface area contributed by atoms with E-state index in [2.05, 4.69) is 36.2 Å². The number of nitrogens with zero attached hydrogens (tertiary/aromatic N) is 1. The largest absolute Gasteiger partial charge is 0.489 e. The molecule has 1 saturated heterocycles. The molecule has 2 heterocycles. The molecule has 1 aromatic rings. The van der Waals surface area contributed by atoms with Crippen LogP contribution in [0.1, 0.15) is 31.2 Å². The minimum absolute atomic E-state index is 0.398. The molecule has 2 aliphatic rings. The minimum Gasteiger partial charge on any atom is -0.489 e. The maximum absolute atomic E-state index is 6.20. The molecule has 1 aromatic carbocycles. The lowest BCUT2D eigenvalue weighted by Gasteiger charge is -2.40. The number of piperidine rings is 1. The monoisotopic (exact) mass is 231 g/mol. The minimum atomic E-state index is 0.398. The second-order valence-electron chi connectivity index (χ2n) is 5.35. The Balaban J connectivity index is 1.75. The molecule has 0 unspecified atom stereocenters. The molecule has 0 saturated carbocycles. The Labute approximate surface area is 104 Å². The summed E-state index contributed by atoms with van der Waals surface area (Å²) in [5.74, 6) is 1.11. The molecule has 0 spiro atoms. The summed E-state index contributed by atoms with van der Waals surface area (Å²) < 4.78 is 6.20. The van der Waals surface area contributed by atoms with Gasteiger partial charge in [-0.3, -0.25) is 4.90 Å². The van der Waals surface area contributed by atoms with Gasteiger partial charge in [-0.05, 0) is 50.9 Å². The molecule has 92 valence electrons. The molecule has 2 heteroatoms. The molecule has 0 N–H and O–H groups in total. The van der Waals surface area contributed by atoms with Crippen LogP contribution in [0.25, 0.3) is 0 Å². The van der Waals surface area contributed by atoms with Crippen LogP contribution in [0.3, 0.4) is 0 Å². The van der Waals surface area contributed by atoms with Crippen molar-refractivity contribution in [2.75, 3.05) is 13.6 Å². The van der Waals surface area contributed by atoms with Gasteiger partial charge in [0.2, 0.25) is 0 Å². The van der Waals surface area contributed by atoms with E-state index in [4.69, 9.17) is 4.74 Å². The highest BCUT2D eigenvalue weighted by molar-refractivity contribution is 5.35. The number of ether oxygens (including phenoxy) is 1. The molecule has 0 amide bonds. The van der Waals surface area contributed by atoms with E-state index in [1.165, 1.54) is 44.2 Å². The van der Waals surface area contributed by atoms with E-state index in [1.807, 2.05) is 0 Å². The van der Waals surface area contributed by atoms with Crippen molar-refractivity contribution in [3.63, 3.8) is 0 Å². The van der Waals surface area contributed by atoms with Crippen molar-refractivity contribution in [2.45, 2.75) is 44.2 Å². The van der Waals surface area contributed by atoms with Gasteiger partial charge in [0.25, 0.3) is 0 Å². The zero-order valence-electron chi connectivity index (χ0n) is 10.6. The van der Waals surface area contributed by atoms with Crippen molar-refractivity contribution in [1.29, 1.82) is 0 Å². The molecular weight excluding hydrogens is 210 g/mol. The molecule has 2 atom stereocenters. The lowest BCUT2D eigenvalue weighted by atomic mass is 9.92. The summed E-state index contributed by atoms with van der Waals surface area (Å²) >= 11 is 0. The first-order valence-corrected chi connectivity index (χ1v) is 6.79. The van der Waals surface area contributed by atoms with Crippen LogP contribution in [0.15, 0.2) is 24.3 Å². The fourth-order valence-electron chi connectivity index (χ4n) is 3.19. The summed E-state index contributed by atoms with van der Waals surface area (Å²) in [4.78, 5) is 2.49. The normalized spacial score (nSPS) is 29.5. The van der Waals surface area contributed by atoms with Gasteiger partial charge in [0.1, 0.15) is 11.9 Å². The molecule has 0 bridgehead atoms. The lowest BCUT2D eigenvalue weighted by molar-refractivity contribution is 0.0448. The fourth-order valence-corrected chi connectivity index (χ4v) is 3.19. The van der Waals surface area contributed by atoms with Crippen molar-refractivity contribution in [3.05, 3.63) is 29.8 Å². The van der Waals surface area contributed by atoms with Gasteiger partial charge in [-0.1, -0.05) is 24.6 Å². The molecule has 2 aliphatic heterocycles. The van der Waals surface area contributed by atoms with Crippen LogP contribution in [-0.2, 0) is 6.42 Å². The number of hydrogen-bond donors (Lipinski definition) is 0. The summed E-state index contributed by atoms with van der Waals surface area (Å²) in [5.41, 5.74) is 1.38. The molecule has 1 fully saturated rings. The summed E-state index contributed by atoms with van der Waals surface area (Å²) in [6.45, 7) is 1.23. The van der Waals surface area contributed by atoms with Crippen LogP contribution in [0.4, 0.5) is 0 Å². The average molecular weight is 231 g/mol. The third-order valence-corrected chi connectivity index (χ3v) is 4.21. The highest BCUT2D eigenvalue weighted by Crippen LogP contribution is 2.31. The van der Waals surface area contributed by atoms with Crippen LogP contribution in [0.2, 0.25) is 0 Å². The Morgan fingerprint density at radius 1 is 1.18 bits per heavy atom. The van der Waals surface area contributed by atoms with E-state index in [9.17, 15) is 0 Å². The van der Waals surface area contributed by atoms with E-state index >= 15 is 0 Å². The predicted octanol–water partition coefficient (Wildman–Crippen LogP) is 2.86. The highest BCUT2D eigenvalue weighted by Gasteiger charge is 2.31. The van der Waals surface area contributed by atoms with Gasteiger partial charge < -0.3 is 4.74 Å². The summed E-state index contributed by atoms with van der Waals surface area (Å²) in [5, 5.41) is 0. The van der Waals surface area contributed by atoms with Gasteiger partial charge in [-0.15, -0.1) is 0 Å². The van der Waals surface area contributed by atoms with Gasteiger partial charge >= 0.3 is 0 Å². The van der Waals surface area contributed by atoms with E-state index in [0.29, 0.717) is 12.1 Å². The van der Waals surface area contributed by atoms with E-state index in [1.54, 1.807) is 0 Å². The van der Waals surface area contributed by atoms with E-state index < -0.39 is 0 Å². The van der Waals surface area contributed by atoms with Gasteiger partial charge in [0.15, 0.2) is 0 Å². The number of likely N-dealkylation sites (tertiary alicyclic amines) is 1. The molecule has 2 nitrogen and oxygen atoms in total. The summed E-state index contributed by atoms with van der Waals surface area (Å²) in [6, 6.07) is 9.11. The van der Waals surface area contributed by atoms with Crippen LogP contribution in [-0.4, -0.2) is 30.6 Å². The second-order valence-corrected chi connectivity index (χ2v) is 5.35. The van der Waals surface area contributed by atoms with Gasteiger partial charge in [0.05, 0.1) is 0 Å². The van der Waals surface area contributed by atoms with Crippen molar-refractivity contribution < 1.29 is 4.74 Å². The zero-order chi connectivity index (χ0) is 11.7. The molecule has 3 rings (SSSR count). The van der Waals surface area contributed by atoms with Crippen molar-refractivity contribution in [3.8, 4) is 5.75 Å². The Hall–Kier alpha value is -1.02. The number of hydrogen-bond acceptors (Lipinski definition) is 2. The van der Waals surface area contributed by atoms with Crippen LogP contribution >= 0.6 is 0 Å². The summed E-state index contributed by atoms with van der Waals surface area (Å²) in [6.07, 6.45) is 6.74. The van der Waals surface area contributed by atoms with Crippen molar-refractivity contribution in [2.24, 2.45) is 0 Å². The quantitative estimate of drug-likeness (QED) is 0.737. The van der Waals surface area contributed by atoms with Crippen molar-refractivity contribution in [1.82, 2.24) is 4.90 Å². The second kappa shape index (κ2) is 4.69. The Bertz CT molecular complexity index is 390. The predicted molar refractivity (Wildman–Crippen MR) is 69.4 cm³/mol. The van der Waals surface area contributed by atoms with E-state index in [-0.39, 0.29) is 0 Å². The number of aryl methyl sites for hydroxylation is 1. The number of benzene rings is 1. The first-order chi connectivity index (χ1) is 8.34. The molecule has 17 heavy (non-hydrogen) atoms. The smallest absolute Gasteiger partial charge is 0.122 e. The molecular formula is C15H21NO. The number of fused-ring (bicyclic) bond motifs is 1. The van der Waals surface area contributed by atoms with Crippen LogP contribution in [0.5, 0.6) is 5.75 Å². The third kappa shape index (κ3) is 2.19. The number of rotatable bonds is 1. The van der Waals surface area contributed by atoms with Crippen LogP contribution < -0.4 is 4.74 Å². The summed E-state index contributed by atoms with van der Waals surface area (Å²) in [7, 11) is 2.24.